The van der Waals surface area contributed by atoms with E-state index in [4.69, 9.17) is 0 Å². The van der Waals surface area contributed by atoms with E-state index >= 15 is 0 Å². The minimum absolute atomic E-state index is 0.000266. The van der Waals surface area contributed by atoms with Gasteiger partial charge in [-0.2, -0.15) is 0 Å². The molecule has 0 atom stereocenters. The van der Waals surface area contributed by atoms with Gasteiger partial charge in [-0.05, 0) is 79.7 Å². The highest BCUT2D eigenvalue weighted by molar-refractivity contribution is 7.92. The third kappa shape index (κ3) is 7.14. The maximum absolute atomic E-state index is 13.1. The monoisotopic (exact) mass is 446 g/mol. The molecule has 2 aromatic rings. The normalized spacial score (nSPS) is 16.3. The van der Waals surface area contributed by atoms with Gasteiger partial charge < -0.3 is 4.90 Å². The van der Waals surface area contributed by atoms with E-state index in [0.717, 1.165) is 50.7 Å². The predicted octanol–water partition coefficient (Wildman–Crippen LogP) is 4.36. The van der Waals surface area contributed by atoms with Crippen molar-refractivity contribution in [3.63, 3.8) is 0 Å². The van der Waals surface area contributed by atoms with Gasteiger partial charge in [0, 0.05) is 23.7 Å². The number of likely N-dealkylation sites (tertiary alicyclic amines) is 1. The molecule has 0 amide bonds. The molecular weight excluding hydrogens is 415 g/mol. The summed E-state index contributed by atoms with van der Waals surface area (Å²) in [5.74, 6) is -0.212. The fourth-order valence-electron chi connectivity index (χ4n) is 4.32. The fraction of sp³-hybridized carbons (Fsp3) is 0.458. The summed E-state index contributed by atoms with van der Waals surface area (Å²) in [5.41, 5.74) is 2.36. The van der Waals surface area contributed by atoms with Crippen LogP contribution in [0.1, 0.15) is 42.6 Å². The molecule has 3 rings (SSSR count). The molecule has 168 valence electrons. The molecule has 1 aliphatic heterocycles. The third-order valence-electron chi connectivity index (χ3n) is 5.68. The van der Waals surface area contributed by atoms with Gasteiger partial charge in [0.25, 0.3) is 0 Å². The van der Waals surface area contributed by atoms with Gasteiger partial charge in [-0.1, -0.05) is 26.0 Å². The molecule has 0 aromatic heterocycles. The molecule has 7 heteroatoms. The van der Waals surface area contributed by atoms with Crippen LogP contribution in [-0.2, 0) is 16.4 Å². The summed E-state index contributed by atoms with van der Waals surface area (Å²) in [4.78, 5) is 15.1. The van der Waals surface area contributed by atoms with Crippen molar-refractivity contribution in [1.82, 2.24) is 4.90 Å². The number of Topliss-reactive ketones (excluding diaryl/α,β-unsaturated/α-hetero) is 1. The van der Waals surface area contributed by atoms with Gasteiger partial charge in [0.05, 0.1) is 6.26 Å². The zero-order valence-electron chi connectivity index (χ0n) is 18.4. The first-order valence-electron chi connectivity index (χ1n) is 10.6. The highest BCUT2D eigenvalue weighted by Gasteiger charge is 2.29. The summed E-state index contributed by atoms with van der Waals surface area (Å²) < 4.78 is 38.3. The van der Waals surface area contributed by atoms with Gasteiger partial charge in [0.15, 0.2) is 5.78 Å². The number of carbonyl (C=O) groups is 1. The number of piperidine rings is 1. The summed E-state index contributed by atoms with van der Waals surface area (Å²) in [5, 5.41) is 0. The first kappa shape index (κ1) is 23.4. The summed E-state index contributed by atoms with van der Waals surface area (Å²) in [6.07, 6.45) is 3.65. The van der Waals surface area contributed by atoms with E-state index in [1.807, 2.05) is 12.1 Å². The Morgan fingerprint density at radius 1 is 1.06 bits per heavy atom. The molecule has 1 N–H and O–H groups in total. The standard InChI is InChI=1S/C24H31FN2O3S/c1-24(2,16-18-4-10-22(11-5-18)26-31(3,29)30)17-27-14-12-20(13-15-27)23(28)19-6-8-21(25)9-7-19/h4-11,20,26H,12-17H2,1-3H3. The number of halogens is 1. The van der Waals surface area contributed by atoms with Gasteiger partial charge in [0.2, 0.25) is 10.0 Å². The lowest BCUT2D eigenvalue weighted by atomic mass is 9.83. The van der Waals surface area contributed by atoms with Crippen molar-refractivity contribution in [3.8, 4) is 0 Å². The first-order valence-corrected chi connectivity index (χ1v) is 12.5. The molecule has 0 aliphatic carbocycles. The molecular formula is C24H31FN2O3S. The number of rotatable bonds is 8. The Bertz CT molecular complexity index is 994. The van der Waals surface area contributed by atoms with Gasteiger partial charge in [-0.15, -0.1) is 0 Å². The number of hydrogen-bond acceptors (Lipinski definition) is 4. The molecule has 2 aromatic carbocycles. The minimum Gasteiger partial charge on any atom is -0.303 e. The SMILES string of the molecule is CC(C)(Cc1ccc(NS(C)(=O)=O)cc1)CN1CCC(C(=O)c2ccc(F)cc2)CC1. The molecule has 0 bridgehead atoms. The number of benzene rings is 2. The van der Waals surface area contributed by atoms with E-state index in [2.05, 4.69) is 23.5 Å². The van der Waals surface area contributed by atoms with Crippen LogP contribution in [0.25, 0.3) is 0 Å². The number of nitrogens with one attached hydrogen (secondary N) is 1. The van der Waals surface area contributed by atoms with Gasteiger partial charge >= 0.3 is 0 Å². The van der Waals surface area contributed by atoms with E-state index in [1.165, 1.54) is 12.1 Å². The maximum Gasteiger partial charge on any atom is 0.229 e. The van der Waals surface area contributed by atoms with Crippen LogP contribution in [0.15, 0.2) is 48.5 Å². The summed E-state index contributed by atoms with van der Waals surface area (Å²) >= 11 is 0. The molecule has 31 heavy (non-hydrogen) atoms. The van der Waals surface area contributed by atoms with Crippen molar-refractivity contribution in [2.75, 3.05) is 30.6 Å². The Balaban J connectivity index is 1.51. The van der Waals surface area contributed by atoms with Crippen LogP contribution in [0.5, 0.6) is 0 Å². The average molecular weight is 447 g/mol. The zero-order chi connectivity index (χ0) is 22.6. The lowest BCUT2D eigenvalue weighted by molar-refractivity contribution is 0.0797. The van der Waals surface area contributed by atoms with Gasteiger partial charge in [-0.3, -0.25) is 9.52 Å². The summed E-state index contributed by atoms with van der Waals surface area (Å²) in [7, 11) is -3.27. The maximum atomic E-state index is 13.1. The quantitative estimate of drug-likeness (QED) is 0.612. The number of nitrogens with zero attached hydrogens (tertiary/aromatic N) is 1. The zero-order valence-corrected chi connectivity index (χ0v) is 19.2. The van der Waals surface area contributed by atoms with Crippen LogP contribution in [0.2, 0.25) is 0 Å². The molecule has 1 fully saturated rings. The van der Waals surface area contributed by atoms with Gasteiger partial charge in [0.1, 0.15) is 5.82 Å². The van der Waals surface area contributed by atoms with E-state index in [-0.39, 0.29) is 22.9 Å². The molecule has 1 aliphatic rings. The van der Waals surface area contributed by atoms with E-state index in [9.17, 15) is 17.6 Å². The topological polar surface area (TPSA) is 66.5 Å². The smallest absolute Gasteiger partial charge is 0.229 e. The molecule has 0 radical (unpaired) electrons. The van der Waals surface area contributed by atoms with Crippen molar-refractivity contribution in [1.29, 1.82) is 0 Å². The number of hydrogen-bond donors (Lipinski definition) is 1. The first-order chi connectivity index (χ1) is 14.5. The molecule has 1 saturated heterocycles. The summed E-state index contributed by atoms with van der Waals surface area (Å²) in [6.45, 7) is 7.13. The fourth-order valence-corrected chi connectivity index (χ4v) is 4.89. The van der Waals surface area contributed by atoms with Crippen molar-refractivity contribution in [3.05, 3.63) is 65.5 Å². The average Bonchev–Trinajstić information content (AvgIpc) is 2.68. The third-order valence-corrected chi connectivity index (χ3v) is 6.29. The van der Waals surface area contributed by atoms with Crippen molar-refractivity contribution < 1.29 is 17.6 Å². The molecule has 1 heterocycles. The number of carbonyl (C=O) groups excluding carboxylic acids is 1. The molecule has 0 spiro atoms. The highest BCUT2D eigenvalue weighted by atomic mass is 32.2. The number of ketones is 1. The van der Waals surface area contributed by atoms with Crippen molar-refractivity contribution >= 4 is 21.5 Å². The Hall–Kier alpha value is -2.25. The minimum atomic E-state index is -3.27. The predicted molar refractivity (Wildman–Crippen MR) is 122 cm³/mol. The van der Waals surface area contributed by atoms with Crippen LogP contribution < -0.4 is 4.72 Å². The lowest BCUT2D eigenvalue weighted by Crippen LogP contribution is -2.42. The van der Waals surface area contributed by atoms with Crippen LogP contribution in [0, 0.1) is 17.2 Å². The second kappa shape index (κ2) is 9.49. The van der Waals surface area contributed by atoms with Crippen molar-refractivity contribution in [2.45, 2.75) is 33.1 Å². The van der Waals surface area contributed by atoms with E-state index < -0.39 is 10.0 Å². The molecule has 0 unspecified atom stereocenters. The number of sulfonamides is 1. The Labute approximate surface area is 184 Å². The molecule has 0 saturated carbocycles. The lowest BCUT2D eigenvalue weighted by Gasteiger charge is -2.37. The van der Waals surface area contributed by atoms with Crippen LogP contribution in [-0.4, -0.2) is 45.0 Å². The Kier molecular flexibility index (Phi) is 7.17. The Morgan fingerprint density at radius 2 is 1.65 bits per heavy atom. The number of anilines is 1. The second-order valence-electron chi connectivity index (χ2n) is 9.33. The highest BCUT2D eigenvalue weighted by Crippen LogP contribution is 2.28. The van der Waals surface area contributed by atoms with Crippen LogP contribution >= 0.6 is 0 Å². The van der Waals surface area contributed by atoms with Crippen LogP contribution in [0.3, 0.4) is 0 Å². The summed E-state index contributed by atoms with van der Waals surface area (Å²) in [6, 6.07) is 13.3. The van der Waals surface area contributed by atoms with E-state index in [0.29, 0.717) is 11.3 Å². The molecule has 5 nitrogen and oxygen atoms in total. The Morgan fingerprint density at radius 3 is 2.19 bits per heavy atom. The van der Waals surface area contributed by atoms with Gasteiger partial charge in [-0.25, -0.2) is 12.8 Å². The second-order valence-corrected chi connectivity index (χ2v) is 11.1. The van der Waals surface area contributed by atoms with E-state index in [1.54, 1.807) is 24.3 Å². The van der Waals surface area contributed by atoms with Crippen molar-refractivity contribution in [2.24, 2.45) is 11.3 Å². The largest absolute Gasteiger partial charge is 0.303 e. The van der Waals surface area contributed by atoms with Crippen LogP contribution in [0.4, 0.5) is 10.1 Å².